The summed E-state index contributed by atoms with van der Waals surface area (Å²) >= 11 is 0. The lowest BCUT2D eigenvalue weighted by Crippen LogP contribution is -2.52. The highest BCUT2D eigenvalue weighted by Gasteiger charge is 2.48. The molecule has 2 aliphatic heterocycles. The zero-order chi connectivity index (χ0) is 19.6. The Bertz CT molecular complexity index is 719. The van der Waals surface area contributed by atoms with E-state index in [0.29, 0.717) is 31.6 Å². The Morgan fingerprint density at radius 1 is 1.22 bits per heavy atom. The van der Waals surface area contributed by atoms with Crippen LogP contribution in [0.4, 0.5) is 13.2 Å². The molecule has 10 heteroatoms. The molecule has 148 valence electrons. The molecule has 0 aromatic heterocycles. The maximum atomic E-state index is 13.6. The second-order valence-electron chi connectivity index (χ2n) is 6.48. The molecule has 3 rings (SSSR count). The summed E-state index contributed by atoms with van der Waals surface area (Å²) in [4.78, 5) is 25.1. The number of fused-ring (bicyclic) bond motifs is 1. The van der Waals surface area contributed by atoms with Crippen molar-refractivity contribution in [3.05, 3.63) is 29.3 Å². The predicted molar refractivity (Wildman–Crippen MR) is 85.1 cm³/mol. The van der Waals surface area contributed by atoms with Crippen molar-refractivity contribution in [2.45, 2.75) is 31.6 Å². The van der Waals surface area contributed by atoms with Crippen LogP contribution in [0.25, 0.3) is 0 Å². The van der Waals surface area contributed by atoms with Crippen LogP contribution in [0.1, 0.15) is 28.8 Å². The van der Waals surface area contributed by atoms with Gasteiger partial charge in [0.25, 0.3) is 5.91 Å². The third-order valence-corrected chi connectivity index (χ3v) is 4.78. The Balaban J connectivity index is 1.91. The summed E-state index contributed by atoms with van der Waals surface area (Å²) in [5.41, 5.74) is 1.85. The number of hydrogen-bond donors (Lipinski definition) is 2. The monoisotopic (exact) mass is 388 g/mol. The second kappa shape index (κ2) is 7.73. The topological polar surface area (TPSA) is 88.1 Å². The van der Waals surface area contributed by atoms with Crippen LogP contribution in [0, 0.1) is 5.92 Å². The minimum atomic E-state index is -4.66. The molecular formula is C17H19F3N2O5. The van der Waals surface area contributed by atoms with Gasteiger partial charge >= 0.3 is 6.18 Å². The first kappa shape index (κ1) is 19.4. The van der Waals surface area contributed by atoms with Gasteiger partial charge in [0.1, 0.15) is 12.4 Å². The number of carbonyl (C=O) groups excluding carboxylic acids is 2. The van der Waals surface area contributed by atoms with E-state index in [9.17, 15) is 22.8 Å². The number of carbonyl (C=O) groups is 2. The van der Waals surface area contributed by atoms with Gasteiger partial charge in [-0.05, 0) is 25.0 Å². The minimum absolute atomic E-state index is 0.0315. The fraction of sp³-hybridized carbons (Fsp3) is 0.529. The smallest absolute Gasteiger partial charge is 0.412 e. The standard InChI is InChI=1S/C17H19F3N2O5/c18-17(19,20)14-9-27-13-7-11(15(23)21-25)1-2-12(13)8-22(14)16(24)10-3-5-26-6-4-10/h1-2,7,10,14,25H,3-6,8-9H2,(H,21,23). The van der Waals surface area contributed by atoms with Crippen LogP contribution >= 0.6 is 0 Å². The summed E-state index contributed by atoms with van der Waals surface area (Å²) in [6.07, 6.45) is -3.90. The van der Waals surface area contributed by atoms with Crippen LogP contribution in [0.2, 0.25) is 0 Å². The molecule has 27 heavy (non-hydrogen) atoms. The molecule has 2 N–H and O–H groups in total. The third-order valence-electron chi connectivity index (χ3n) is 4.78. The van der Waals surface area contributed by atoms with E-state index in [2.05, 4.69) is 0 Å². The zero-order valence-corrected chi connectivity index (χ0v) is 14.3. The van der Waals surface area contributed by atoms with Crippen LogP contribution < -0.4 is 10.2 Å². The van der Waals surface area contributed by atoms with E-state index in [1.54, 1.807) is 0 Å². The van der Waals surface area contributed by atoms with E-state index in [1.807, 2.05) is 0 Å². The van der Waals surface area contributed by atoms with Crippen molar-refractivity contribution in [1.29, 1.82) is 0 Å². The van der Waals surface area contributed by atoms with Crippen LogP contribution in [0.3, 0.4) is 0 Å². The number of hydrogen-bond acceptors (Lipinski definition) is 5. The SMILES string of the molecule is O=C(NO)c1ccc2c(c1)OCC(C(F)(F)F)N(C(=O)C1CCOCC1)C2. The second-order valence-corrected chi connectivity index (χ2v) is 6.48. The van der Waals surface area contributed by atoms with E-state index in [4.69, 9.17) is 14.7 Å². The van der Waals surface area contributed by atoms with Crippen molar-refractivity contribution in [1.82, 2.24) is 10.4 Å². The highest BCUT2D eigenvalue weighted by molar-refractivity contribution is 5.93. The fourth-order valence-corrected chi connectivity index (χ4v) is 3.26. The number of hydroxylamine groups is 1. The van der Waals surface area contributed by atoms with Crippen molar-refractivity contribution < 1.29 is 37.4 Å². The molecule has 0 saturated carbocycles. The number of alkyl halides is 3. The predicted octanol–water partition coefficient (Wildman–Crippen LogP) is 1.88. The Hall–Kier alpha value is -2.33. The molecule has 0 aliphatic carbocycles. The van der Waals surface area contributed by atoms with Gasteiger partial charge < -0.3 is 14.4 Å². The fourth-order valence-electron chi connectivity index (χ4n) is 3.26. The Morgan fingerprint density at radius 2 is 1.93 bits per heavy atom. The first-order valence-electron chi connectivity index (χ1n) is 8.46. The Labute approximate surface area is 153 Å². The normalized spacial score (nSPS) is 21.0. The first-order valence-corrected chi connectivity index (χ1v) is 8.46. The van der Waals surface area contributed by atoms with Crippen molar-refractivity contribution in [3.8, 4) is 5.75 Å². The Morgan fingerprint density at radius 3 is 2.56 bits per heavy atom. The molecule has 1 atom stereocenters. The Kier molecular flexibility index (Phi) is 5.56. The number of halogens is 3. The molecule has 0 spiro atoms. The zero-order valence-electron chi connectivity index (χ0n) is 14.3. The van der Waals surface area contributed by atoms with E-state index >= 15 is 0 Å². The van der Waals surface area contributed by atoms with Crippen LogP contribution in [-0.4, -0.2) is 54.0 Å². The van der Waals surface area contributed by atoms with Gasteiger partial charge in [0, 0.05) is 30.3 Å². The summed E-state index contributed by atoms with van der Waals surface area (Å²) in [6.45, 7) is -0.367. The molecule has 0 radical (unpaired) electrons. The van der Waals surface area contributed by atoms with Gasteiger partial charge in [0.2, 0.25) is 5.91 Å². The molecule has 2 aliphatic rings. The van der Waals surface area contributed by atoms with Gasteiger partial charge in [-0.25, -0.2) is 5.48 Å². The molecule has 2 amide bonds. The maximum absolute atomic E-state index is 13.6. The third kappa shape index (κ3) is 4.16. The summed E-state index contributed by atoms with van der Waals surface area (Å²) < 4.78 is 51.2. The number of nitrogens with one attached hydrogen (secondary N) is 1. The van der Waals surface area contributed by atoms with Gasteiger partial charge in [-0.3, -0.25) is 14.8 Å². The maximum Gasteiger partial charge on any atom is 0.412 e. The molecule has 1 fully saturated rings. The van der Waals surface area contributed by atoms with E-state index in [0.717, 1.165) is 4.90 Å². The molecule has 1 unspecified atom stereocenters. The van der Waals surface area contributed by atoms with Crippen LogP contribution in [0.5, 0.6) is 5.75 Å². The molecule has 2 heterocycles. The van der Waals surface area contributed by atoms with E-state index < -0.39 is 36.6 Å². The first-order chi connectivity index (χ1) is 12.8. The molecular weight excluding hydrogens is 369 g/mol. The summed E-state index contributed by atoms with van der Waals surface area (Å²) in [5, 5.41) is 8.70. The molecule has 1 saturated heterocycles. The highest BCUT2D eigenvalue weighted by atomic mass is 19.4. The van der Waals surface area contributed by atoms with Crippen LogP contribution in [-0.2, 0) is 16.1 Å². The van der Waals surface area contributed by atoms with Gasteiger partial charge in [0.05, 0.1) is 6.54 Å². The largest absolute Gasteiger partial charge is 0.491 e. The van der Waals surface area contributed by atoms with E-state index in [1.165, 1.54) is 23.7 Å². The van der Waals surface area contributed by atoms with Crippen molar-refractivity contribution in [3.63, 3.8) is 0 Å². The molecule has 0 bridgehead atoms. The van der Waals surface area contributed by atoms with Crippen molar-refractivity contribution in [2.24, 2.45) is 5.92 Å². The summed E-state index contributed by atoms with van der Waals surface area (Å²) in [6, 6.07) is 1.92. The molecule has 1 aromatic rings. The van der Waals surface area contributed by atoms with Gasteiger partial charge in [-0.2, -0.15) is 13.2 Å². The minimum Gasteiger partial charge on any atom is -0.491 e. The molecule has 1 aromatic carbocycles. The quantitative estimate of drug-likeness (QED) is 0.597. The van der Waals surface area contributed by atoms with Gasteiger partial charge in [-0.1, -0.05) is 6.07 Å². The van der Waals surface area contributed by atoms with Gasteiger partial charge in [-0.15, -0.1) is 0 Å². The number of ether oxygens (including phenoxy) is 2. The van der Waals surface area contributed by atoms with Crippen LogP contribution in [0.15, 0.2) is 18.2 Å². The van der Waals surface area contributed by atoms with Crippen molar-refractivity contribution in [2.75, 3.05) is 19.8 Å². The summed E-state index contributed by atoms with van der Waals surface area (Å²) in [7, 11) is 0. The van der Waals surface area contributed by atoms with Gasteiger partial charge in [0.15, 0.2) is 6.04 Å². The average Bonchev–Trinajstić information content (AvgIpc) is 2.86. The molecule has 7 nitrogen and oxygen atoms in total. The summed E-state index contributed by atoms with van der Waals surface area (Å²) in [5.74, 6) is -1.83. The number of amides is 2. The van der Waals surface area contributed by atoms with E-state index in [-0.39, 0.29) is 17.9 Å². The average molecular weight is 388 g/mol. The highest BCUT2D eigenvalue weighted by Crippen LogP contribution is 2.34. The number of rotatable bonds is 2. The lowest BCUT2D eigenvalue weighted by Gasteiger charge is -2.34. The lowest BCUT2D eigenvalue weighted by molar-refractivity contribution is -0.198. The van der Waals surface area contributed by atoms with Crippen molar-refractivity contribution >= 4 is 11.8 Å². The number of nitrogens with zero attached hydrogens (tertiary/aromatic N) is 1. The lowest BCUT2D eigenvalue weighted by atomic mass is 9.97. The number of benzene rings is 1.